The number of rotatable bonds is 7. The van der Waals surface area contributed by atoms with Gasteiger partial charge in [-0.25, -0.2) is 9.37 Å². The zero-order valence-electron chi connectivity index (χ0n) is 18.4. The largest absolute Gasteiger partial charge is 0.472 e. The Kier molecular flexibility index (Phi) is 6.83. The Morgan fingerprint density at radius 1 is 1.16 bits per heavy atom. The molecule has 166 valence electrons. The van der Waals surface area contributed by atoms with E-state index in [1.807, 2.05) is 6.07 Å². The van der Waals surface area contributed by atoms with Crippen molar-refractivity contribution < 1.29 is 8.81 Å². The van der Waals surface area contributed by atoms with Crippen LogP contribution in [0.5, 0.6) is 0 Å². The fraction of sp³-hybridized carbons (Fsp3) is 0.500. The highest BCUT2D eigenvalue weighted by Gasteiger charge is 2.27. The van der Waals surface area contributed by atoms with Crippen LogP contribution in [-0.4, -0.2) is 52.1 Å². The highest BCUT2D eigenvalue weighted by molar-refractivity contribution is 5.77. The summed E-state index contributed by atoms with van der Waals surface area (Å²) >= 11 is 0. The van der Waals surface area contributed by atoms with Gasteiger partial charge >= 0.3 is 0 Å². The second-order valence-corrected chi connectivity index (χ2v) is 8.28. The van der Waals surface area contributed by atoms with Gasteiger partial charge < -0.3 is 9.32 Å². The zero-order valence-corrected chi connectivity index (χ0v) is 18.4. The second kappa shape index (κ2) is 9.75. The average molecular weight is 427 g/mol. The summed E-state index contributed by atoms with van der Waals surface area (Å²) in [6.07, 6.45) is 6.24. The SMILES string of the molecule is CCCC(c1nc2ccc(F)cc2c(=O)n1Cc1ccoc1)N1CCCN(CC)CC1. The van der Waals surface area contributed by atoms with E-state index in [0.717, 1.165) is 63.4 Å². The molecule has 0 bridgehead atoms. The van der Waals surface area contributed by atoms with E-state index in [1.165, 1.54) is 12.1 Å². The molecule has 1 atom stereocenters. The minimum atomic E-state index is -0.425. The fourth-order valence-corrected chi connectivity index (χ4v) is 4.55. The molecule has 7 heteroatoms. The molecule has 31 heavy (non-hydrogen) atoms. The van der Waals surface area contributed by atoms with Crippen molar-refractivity contribution in [3.8, 4) is 0 Å². The van der Waals surface area contributed by atoms with Gasteiger partial charge in [0.1, 0.15) is 11.6 Å². The average Bonchev–Trinajstić information content (AvgIpc) is 3.17. The van der Waals surface area contributed by atoms with Gasteiger partial charge in [-0.3, -0.25) is 14.3 Å². The first-order valence-corrected chi connectivity index (χ1v) is 11.3. The van der Waals surface area contributed by atoms with Gasteiger partial charge in [0.05, 0.1) is 36.0 Å². The summed E-state index contributed by atoms with van der Waals surface area (Å²) in [6, 6.07) is 6.17. The number of benzene rings is 1. The molecule has 1 aliphatic heterocycles. The predicted molar refractivity (Wildman–Crippen MR) is 120 cm³/mol. The third kappa shape index (κ3) is 4.72. The van der Waals surface area contributed by atoms with E-state index in [4.69, 9.17) is 9.40 Å². The van der Waals surface area contributed by atoms with Gasteiger partial charge in [-0.05, 0) is 50.2 Å². The molecule has 4 rings (SSSR count). The molecule has 0 saturated carbocycles. The summed E-state index contributed by atoms with van der Waals surface area (Å²) in [6.45, 7) is 9.81. The third-order valence-electron chi connectivity index (χ3n) is 6.24. The minimum absolute atomic E-state index is 0.0378. The smallest absolute Gasteiger partial charge is 0.261 e. The van der Waals surface area contributed by atoms with E-state index in [2.05, 4.69) is 23.6 Å². The lowest BCUT2D eigenvalue weighted by atomic mass is 10.1. The molecule has 3 aromatic rings. The van der Waals surface area contributed by atoms with Gasteiger partial charge in [-0.2, -0.15) is 0 Å². The topological polar surface area (TPSA) is 54.5 Å². The molecule has 0 radical (unpaired) electrons. The van der Waals surface area contributed by atoms with Crippen molar-refractivity contribution in [2.24, 2.45) is 0 Å². The summed E-state index contributed by atoms with van der Waals surface area (Å²) in [5.74, 6) is 0.336. The normalized spacial score (nSPS) is 17.1. The molecule has 0 N–H and O–H groups in total. The molecular weight excluding hydrogens is 395 g/mol. The van der Waals surface area contributed by atoms with Crippen LogP contribution in [0.3, 0.4) is 0 Å². The van der Waals surface area contributed by atoms with Gasteiger partial charge in [-0.15, -0.1) is 0 Å². The summed E-state index contributed by atoms with van der Waals surface area (Å²) in [4.78, 5) is 23.4. The molecule has 1 aromatic carbocycles. The van der Waals surface area contributed by atoms with Crippen molar-refractivity contribution in [3.05, 3.63) is 64.4 Å². The maximum Gasteiger partial charge on any atom is 0.261 e. The first kappa shape index (κ1) is 21.7. The number of nitrogens with zero attached hydrogens (tertiary/aromatic N) is 4. The number of furan rings is 1. The van der Waals surface area contributed by atoms with E-state index in [0.29, 0.717) is 17.4 Å². The van der Waals surface area contributed by atoms with E-state index >= 15 is 0 Å². The predicted octanol–water partition coefficient (Wildman–Crippen LogP) is 4.05. The Bertz CT molecular complexity index is 1060. The van der Waals surface area contributed by atoms with Crippen molar-refractivity contribution in [1.29, 1.82) is 0 Å². The van der Waals surface area contributed by atoms with Crippen LogP contribution in [0.4, 0.5) is 4.39 Å². The standard InChI is InChI=1S/C24H31FN4O2/c1-3-6-22(28-11-5-10-27(4-2)12-13-28)23-26-21-8-7-19(25)15-20(21)24(30)29(23)16-18-9-14-31-17-18/h7-9,14-15,17,22H,3-6,10-13,16H2,1-2H3. The molecule has 0 aliphatic carbocycles. The molecule has 0 spiro atoms. The van der Waals surface area contributed by atoms with Crippen LogP contribution in [-0.2, 0) is 6.54 Å². The van der Waals surface area contributed by atoms with Gasteiger partial charge in [-0.1, -0.05) is 20.3 Å². The molecule has 1 unspecified atom stereocenters. The van der Waals surface area contributed by atoms with E-state index in [1.54, 1.807) is 23.2 Å². The molecule has 1 fully saturated rings. The Hall–Kier alpha value is -2.51. The van der Waals surface area contributed by atoms with Crippen LogP contribution < -0.4 is 5.56 Å². The van der Waals surface area contributed by atoms with Crippen molar-refractivity contribution in [1.82, 2.24) is 19.4 Å². The molecule has 1 saturated heterocycles. The Morgan fingerprint density at radius 3 is 2.77 bits per heavy atom. The summed E-state index contributed by atoms with van der Waals surface area (Å²) in [5.41, 5.74) is 1.24. The minimum Gasteiger partial charge on any atom is -0.472 e. The van der Waals surface area contributed by atoms with Crippen molar-refractivity contribution >= 4 is 10.9 Å². The first-order valence-electron chi connectivity index (χ1n) is 11.3. The van der Waals surface area contributed by atoms with E-state index < -0.39 is 5.82 Å². The van der Waals surface area contributed by atoms with Gasteiger partial charge in [0, 0.05) is 25.2 Å². The number of halogens is 1. The molecule has 0 amide bonds. The molecular formula is C24H31FN4O2. The van der Waals surface area contributed by atoms with Crippen LogP contribution >= 0.6 is 0 Å². The number of aromatic nitrogens is 2. The highest BCUT2D eigenvalue weighted by atomic mass is 19.1. The van der Waals surface area contributed by atoms with Crippen LogP contribution in [0, 0.1) is 5.82 Å². The summed E-state index contributed by atoms with van der Waals surface area (Å²) in [5, 5.41) is 0.315. The van der Waals surface area contributed by atoms with Gasteiger partial charge in [0.15, 0.2) is 0 Å². The lowest BCUT2D eigenvalue weighted by molar-refractivity contribution is 0.178. The van der Waals surface area contributed by atoms with Crippen LogP contribution in [0.15, 0.2) is 46.0 Å². The Labute approximate surface area is 182 Å². The van der Waals surface area contributed by atoms with Crippen LogP contribution in [0.25, 0.3) is 10.9 Å². The number of hydrogen-bond donors (Lipinski definition) is 0. The Morgan fingerprint density at radius 2 is 2.03 bits per heavy atom. The van der Waals surface area contributed by atoms with E-state index in [-0.39, 0.29) is 11.6 Å². The Balaban J connectivity index is 1.82. The summed E-state index contributed by atoms with van der Waals surface area (Å²) < 4.78 is 20.9. The second-order valence-electron chi connectivity index (χ2n) is 8.28. The fourth-order valence-electron chi connectivity index (χ4n) is 4.55. The van der Waals surface area contributed by atoms with Crippen molar-refractivity contribution in [2.45, 2.75) is 45.7 Å². The van der Waals surface area contributed by atoms with Crippen molar-refractivity contribution in [2.75, 3.05) is 32.7 Å². The van der Waals surface area contributed by atoms with Gasteiger partial charge in [0.25, 0.3) is 5.56 Å². The van der Waals surface area contributed by atoms with E-state index in [9.17, 15) is 9.18 Å². The molecule has 2 aromatic heterocycles. The molecule has 3 heterocycles. The zero-order chi connectivity index (χ0) is 21.8. The third-order valence-corrected chi connectivity index (χ3v) is 6.24. The number of hydrogen-bond acceptors (Lipinski definition) is 5. The monoisotopic (exact) mass is 426 g/mol. The van der Waals surface area contributed by atoms with Gasteiger partial charge in [0.2, 0.25) is 0 Å². The lowest BCUT2D eigenvalue weighted by Gasteiger charge is -2.32. The maximum absolute atomic E-state index is 13.9. The summed E-state index contributed by atoms with van der Waals surface area (Å²) in [7, 11) is 0. The molecule has 6 nitrogen and oxygen atoms in total. The quantitative estimate of drug-likeness (QED) is 0.571. The lowest BCUT2D eigenvalue weighted by Crippen LogP contribution is -2.38. The molecule has 1 aliphatic rings. The number of fused-ring (bicyclic) bond motifs is 1. The number of likely N-dealkylation sites (N-methyl/N-ethyl adjacent to an activating group) is 1. The van der Waals surface area contributed by atoms with Crippen LogP contribution in [0.2, 0.25) is 0 Å². The maximum atomic E-state index is 13.9. The van der Waals surface area contributed by atoms with Crippen LogP contribution in [0.1, 0.15) is 50.5 Å². The first-order chi connectivity index (χ1) is 15.1. The van der Waals surface area contributed by atoms with Crippen molar-refractivity contribution in [3.63, 3.8) is 0 Å². The highest BCUT2D eigenvalue weighted by Crippen LogP contribution is 2.27.